The number of carbonyl (C=O) groups is 1. The summed E-state index contributed by atoms with van der Waals surface area (Å²) in [4.78, 5) is 12.4. The third-order valence-electron chi connectivity index (χ3n) is 6.65. The Labute approximate surface area is 241 Å². The summed E-state index contributed by atoms with van der Waals surface area (Å²) in [7, 11) is -4.58. The third-order valence-corrected chi connectivity index (χ3v) is 8.27. The molecule has 39 heavy (non-hydrogen) atoms. The lowest BCUT2D eigenvalue weighted by Crippen LogP contribution is -2.30. The van der Waals surface area contributed by atoms with E-state index in [1.807, 2.05) is 24.3 Å². The lowest BCUT2D eigenvalue weighted by Gasteiger charge is -2.15. The SMILES string of the molecule is CCCCCCCCCCCCc1ccc(N=N[C@H]2C(=O)N(c3cc(Cl)c(S(=O)(=O)O)cc3Cl)N=C2C)cc1. The molecule has 2 aromatic carbocycles. The molecule has 0 aliphatic carbocycles. The number of hydrogen-bond acceptors (Lipinski definition) is 6. The highest BCUT2D eigenvalue weighted by Gasteiger charge is 2.36. The average Bonchev–Trinajstić information content (AvgIpc) is 3.17. The Kier molecular flexibility index (Phi) is 11.9. The molecule has 0 aromatic heterocycles. The minimum atomic E-state index is -4.58. The van der Waals surface area contributed by atoms with Crippen molar-refractivity contribution in [3.8, 4) is 0 Å². The van der Waals surface area contributed by atoms with Gasteiger partial charge in [-0.05, 0) is 49.6 Å². The molecule has 1 N–H and O–H groups in total. The summed E-state index contributed by atoms with van der Waals surface area (Å²) in [5.41, 5.74) is 2.34. The first kappa shape index (κ1) is 31.2. The molecule has 3 rings (SSSR count). The Balaban J connectivity index is 1.50. The summed E-state index contributed by atoms with van der Waals surface area (Å²) in [6.07, 6.45) is 14.1. The highest BCUT2D eigenvalue weighted by atomic mass is 35.5. The van der Waals surface area contributed by atoms with E-state index in [9.17, 15) is 17.8 Å². The molecule has 0 unspecified atom stereocenters. The molecule has 1 aliphatic heterocycles. The molecule has 0 saturated heterocycles. The fraction of sp³-hybridized carbons (Fsp3) is 0.500. The number of hydrazone groups is 1. The number of nitrogens with zero attached hydrogens (tertiary/aromatic N) is 4. The zero-order valence-electron chi connectivity index (χ0n) is 22.4. The molecule has 212 valence electrons. The van der Waals surface area contributed by atoms with Gasteiger partial charge in [-0.2, -0.15) is 28.8 Å². The van der Waals surface area contributed by atoms with Gasteiger partial charge in [0.05, 0.1) is 27.1 Å². The van der Waals surface area contributed by atoms with Gasteiger partial charge in [0.15, 0.2) is 6.04 Å². The van der Waals surface area contributed by atoms with Crippen molar-refractivity contribution < 1.29 is 17.8 Å². The van der Waals surface area contributed by atoms with Crippen molar-refractivity contribution in [2.75, 3.05) is 5.01 Å². The summed E-state index contributed by atoms with van der Waals surface area (Å²) in [6.45, 7) is 3.89. The molecule has 0 bridgehead atoms. The second-order valence-electron chi connectivity index (χ2n) is 9.82. The number of azo groups is 1. The van der Waals surface area contributed by atoms with Crippen LogP contribution in [0.1, 0.15) is 83.6 Å². The Morgan fingerprint density at radius 2 is 1.51 bits per heavy atom. The van der Waals surface area contributed by atoms with Gasteiger partial charge in [-0.15, -0.1) is 0 Å². The van der Waals surface area contributed by atoms with E-state index in [0.717, 1.165) is 30.0 Å². The molecule has 0 spiro atoms. The van der Waals surface area contributed by atoms with E-state index < -0.39 is 27.0 Å². The third kappa shape index (κ3) is 9.10. The van der Waals surface area contributed by atoms with Crippen LogP contribution in [-0.2, 0) is 21.3 Å². The van der Waals surface area contributed by atoms with E-state index in [-0.39, 0.29) is 15.7 Å². The van der Waals surface area contributed by atoms with Gasteiger partial charge in [-0.3, -0.25) is 9.35 Å². The number of rotatable bonds is 15. The van der Waals surface area contributed by atoms with E-state index in [2.05, 4.69) is 22.3 Å². The topological polar surface area (TPSA) is 112 Å². The van der Waals surface area contributed by atoms with E-state index in [1.165, 1.54) is 63.4 Å². The van der Waals surface area contributed by atoms with Crippen LogP contribution in [0.5, 0.6) is 0 Å². The second-order valence-corrected chi connectivity index (χ2v) is 12.0. The van der Waals surface area contributed by atoms with Gasteiger partial charge in [-0.1, -0.05) is 100 Å². The zero-order valence-corrected chi connectivity index (χ0v) is 24.8. The van der Waals surface area contributed by atoms with Crippen molar-refractivity contribution in [1.29, 1.82) is 0 Å². The standard InChI is InChI=1S/C28H36Cl2N4O4S/c1-3-4-5-6-7-8-9-10-11-12-13-21-14-16-22(17-15-21)31-32-27-20(2)33-34(28(27)35)25-18-24(30)26(19-23(25)29)39(36,37)38/h14-19,27H,3-13H2,1-2H3,(H,36,37,38)/t27-/m1/s1. The van der Waals surface area contributed by atoms with Crippen LogP contribution in [0, 0.1) is 0 Å². The van der Waals surface area contributed by atoms with Crippen molar-refractivity contribution in [2.45, 2.75) is 95.4 Å². The molecule has 1 atom stereocenters. The number of halogens is 2. The van der Waals surface area contributed by atoms with E-state index in [0.29, 0.717) is 11.4 Å². The highest BCUT2D eigenvalue weighted by Crippen LogP contribution is 2.36. The Morgan fingerprint density at radius 1 is 0.923 bits per heavy atom. The zero-order chi connectivity index (χ0) is 28.4. The van der Waals surface area contributed by atoms with E-state index in [1.54, 1.807) is 6.92 Å². The van der Waals surface area contributed by atoms with Crippen LogP contribution in [-0.4, -0.2) is 30.6 Å². The quantitative estimate of drug-likeness (QED) is 0.126. The fourth-order valence-corrected chi connectivity index (χ4v) is 5.74. The van der Waals surface area contributed by atoms with Crippen LogP contribution in [0.15, 0.2) is 56.6 Å². The molecule has 11 heteroatoms. The maximum atomic E-state index is 13.0. The number of benzene rings is 2. The Morgan fingerprint density at radius 3 is 2.10 bits per heavy atom. The summed E-state index contributed by atoms with van der Waals surface area (Å²) in [6, 6.07) is 9.00. The van der Waals surface area contributed by atoms with Gasteiger partial charge in [0.25, 0.3) is 16.0 Å². The van der Waals surface area contributed by atoms with E-state index in [4.69, 9.17) is 23.2 Å². The molecular weight excluding hydrogens is 559 g/mol. The molecular formula is C28H36Cl2N4O4S. The van der Waals surface area contributed by atoms with Crippen molar-refractivity contribution in [1.82, 2.24) is 0 Å². The van der Waals surface area contributed by atoms with E-state index >= 15 is 0 Å². The number of aryl methyl sites for hydroxylation is 1. The predicted molar refractivity (Wildman–Crippen MR) is 157 cm³/mol. The van der Waals surface area contributed by atoms with Crippen LogP contribution >= 0.6 is 23.2 Å². The van der Waals surface area contributed by atoms with Crippen molar-refractivity contribution >= 4 is 56.3 Å². The summed E-state index contributed by atoms with van der Waals surface area (Å²) >= 11 is 12.2. The molecule has 8 nitrogen and oxygen atoms in total. The second kappa shape index (κ2) is 14.9. The Bertz CT molecular complexity index is 1300. The fourth-order valence-electron chi connectivity index (χ4n) is 4.41. The summed E-state index contributed by atoms with van der Waals surface area (Å²) < 4.78 is 32.2. The molecule has 1 amide bonds. The predicted octanol–water partition coefficient (Wildman–Crippen LogP) is 8.58. The van der Waals surface area contributed by atoms with Gasteiger partial charge >= 0.3 is 0 Å². The number of anilines is 1. The molecule has 0 radical (unpaired) electrons. The van der Waals surface area contributed by atoms with Crippen LogP contribution in [0.2, 0.25) is 10.0 Å². The van der Waals surface area contributed by atoms with Gasteiger partial charge < -0.3 is 0 Å². The van der Waals surface area contributed by atoms with Crippen LogP contribution in [0.25, 0.3) is 0 Å². The van der Waals surface area contributed by atoms with Gasteiger partial charge in [-0.25, -0.2) is 0 Å². The maximum absolute atomic E-state index is 13.0. The van der Waals surface area contributed by atoms with Gasteiger partial charge in [0.1, 0.15) is 4.90 Å². The monoisotopic (exact) mass is 594 g/mol. The summed E-state index contributed by atoms with van der Waals surface area (Å²) in [5, 5.41) is 13.2. The van der Waals surface area contributed by atoms with Crippen LogP contribution in [0.4, 0.5) is 11.4 Å². The molecule has 0 saturated carbocycles. The average molecular weight is 596 g/mol. The smallest absolute Gasteiger partial charge is 0.282 e. The first-order valence-corrected chi connectivity index (χ1v) is 15.7. The molecule has 1 aliphatic rings. The van der Waals surface area contributed by atoms with Crippen LogP contribution < -0.4 is 5.01 Å². The van der Waals surface area contributed by atoms with Gasteiger partial charge in [0, 0.05) is 0 Å². The summed E-state index contributed by atoms with van der Waals surface area (Å²) in [5.74, 6) is -0.508. The highest BCUT2D eigenvalue weighted by molar-refractivity contribution is 7.86. The largest absolute Gasteiger partial charge is 0.296 e. The maximum Gasteiger partial charge on any atom is 0.296 e. The normalized spacial score (nSPS) is 15.9. The van der Waals surface area contributed by atoms with Crippen molar-refractivity contribution in [3.05, 3.63) is 52.0 Å². The first-order valence-electron chi connectivity index (χ1n) is 13.5. The molecule has 2 aromatic rings. The number of carbonyl (C=O) groups excluding carboxylic acids is 1. The lowest BCUT2D eigenvalue weighted by atomic mass is 10.0. The Hall–Kier alpha value is -2.33. The minimum absolute atomic E-state index is 0.0763. The number of unbranched alkanes of at least 4 members (excludes halogenated alkanes) is 9. The first-order chi connectivity index (χ1) is 18.6. The van der Waals surface area contributed by atoms with Gasteiger partial charge in [0.2, 0.25) is 0 Å². The lowest BCUT2D eigenvalue weighted by molar-refractivity contribution is -0.117. The number of hydrogen-bond donors (Lipinski definition) is 1. The molecule has 1 heterocycles. The van der Waals surface area contributed by atoms with Crippen molar-refractivity contribution in [3.63, 3.8) is 0 Å². The number of amides is 1. The van der Waals surface area contributed by atoms with Crippen LogP contribution in [0.3, 0.4) is 0 Å². The minimum Gasteiger partial charge on any atom is -0.282 e. The van der Waals surface area contributed by atoms with Crippen molar-refractivity contribution in [2.24, 2.45) is 15.3 Å². The molecule has 0 fully saturated rings.